The van der Waals surface area contributed by atoms with Crippen molar-refractivity contribution < 1.29 is 9.18 Å². The number of piperazine rings is 1. The quantitative estimate of drug-likeness (QED) is 0.675. The lowest BCUT2D eigenvalue weighted by atomic mass is 10.1. The number of fused-ring (bicyclic) bond motifs is 1. The molecule has 0 saturated carbocycles. The topological polar surface area (TPSA) is 93.1 Å². The lowest BCUT2D eigenvalue weighted by Gasteiger charge is -2.36. The van der Waals surface area contributed by atoms with Crippen molar-refractivity contribution in [3.05, 3.63) is 56.2 Å². The summed E-state index contributed by atoms with van der Waals surface area (Å²) in [5, 5.41) is 9.87. The van der Waals surface area contributed by atoms with Crippen molar-refractivity contribution in [1.29, 1.82) is 5.26 Å². The minimum Gasteiger partial charge on any atom is -0.367 e. The number of benzene rings is 1. The molecule has 0 bridgehead atoms. The van der Waals surface area contributed by atoms with Crippen molar-refractivity contribution in [3.63, 3.8) is 0 Å². The molecule has 9 heteroatoms. The smallest absolute Gasteiger partial charge is 0.259 e. The molecule has 1 aliphatic heterocycles. The Morgan fingerprint density at radius 2 is 2.03 bits per heavy atom. The van der Waals surface area contributed by atoms with Gasteiger partial charge in [0.1, 0.15) is 28.1 Å². The molecule has 3 heterocycles. The van der Waals surface area contributed by atoms with Crippen LogP contribution >= 0.6 is 11.3 Å². The van der Waals surface area contributed by atoms with E-state index in [0.29, 0.717) is 54.3 Å². The van der Waals surface area contributed by atoms with Gasteiger partial charge in [0, 0.05) is 43.9 Å². The number of amides is 1. The first-order valence-electron chi connectivity index (χ1n) is 10.1. The molecule has 3 aromatic rings. The van der Waals surface area contributed by atoms with Crippen LogP contribution in [-0.4, -0.2) is 47.0 Å². The Morgan fingerprint density at radius 3 is 2.74 bits per heavy atom. The van der Waals surface area contributed by atoms with Crippen molar-refractivity contribution in [2.24, 2.45) is 0 Å². The number of carbonyl (C=O) groups is 1. The molecule has 2 aromatic heterocycles. The minimum atomic E-state index is -0.534. The summed E-state index contributed by atoms with van der Waals surface area (Å²) in [4.78, 5) is 37.9. The Balaban J connectivity index is 1.38. The van der Waals surface area contributed by atoms with E-state index in [1.807, 2.05) is 24.8 Å². The molecular formula is C22H22FN5O2S. The number of H-pyrrole nitrogens is 1. The van der Waals surface area contributed by atoms with Gasteiger partial charge in [0.15, 0.2) is 0 Å². The van der Waals surface area contributed by atoms with E-state index in [9.17, 15) is 19.2 Å². The third kappa shape index (κ3) is 4.03. The van der Waals surface area contributed by atoms with Crippen LogP contribution < -0.4 is 10.5 Å². The molecule has 0 radical (unpaired) electrons. The van der Waals surface area contributed by atoms with E-state index < -0.39 is 5.82 Å². The van der Waals surface area contributed by atoms with E-state index in [1.165, 1.54) is 17.4 Å². The SMILES string of the molecule is Cc1sc2nc(CCC(=O)N3CCN(c4cccc(F)c4C#N)CC3)[nH]c(=O)c2c1C. The Bertz CT molecular complexity index is 1250. The van der Waals surface area contributed by atoms with E-state index in [2.05, 4.69) is 9.97 Å². The van der Waals surface area contributed by atoms with Gasteiger partial charge in [-0.1, -0.05) is 6.07 Å². The lowest BCUT2D eigenvalue weighted by molar-refractivity contribution is -0.131. The summed E-state index contributed by atoms with van der Waals surface area (Å²) < 4.78 is 13.9. The second-order valence-electron chi connectivity index (χ2n) is 7.59. The van der Waals surface area contributed by atoms with Crippen LogP contribution in [0.2, 0.25) is 0 Å². The number of hydrogen-bond donors (Lipinski definition) is 1. The zero-order chi connectivity index (χ0) is 22.1. The van der Waals surface area contributed by atoms with Crippen LogP contribution in [-0.2, 0) is 11.2 Å². The van der Waals surface area contributed by atoms with E-state index in [0.717, 1.165) is 10.4 Å². The second kappa shape index (κ2) is 8.47. The molecule has 31 heavy (non-hydrogen) atoms. The van der Waals surface area contributed by atoms with Crippen LogP contribution in [0.1, 0.15) is 28.2 Å². The van der Waals surface area contributed by atoms with Crippen molar-refractivity contribution >= 4 is 33.1 Å². The highest BCUT2D eigenvalue weighted by Crippen LogP contribution is 2.26. The van der Waals surface area contributed by atoms with Crippen LogP contribution in [0.15, 0.2) is 23.0 Å². The van der Waals surface area contributed by atoms with Gasteiger partial charge in [-0.15, -0.1) is 11.3 Å². The number of nitriles is 1. The van der Waals surface area contributed by atoms with Crippen LogP contribution in [0, 0.1) is 31.0 Å². The molecule has 4 rings (SSSR count). The minimum absolute atomic E-state index is 0.0133. The maximum absolute atomic E-state index is 13.9. The molecule has 1 fully saturated rings. The van der Waals surface area contributed by atoms with E-state index >= 15 is 0 Å². The number of nitrogens with zero attached hydrogens (tertiary/aromatic N) is 4. The predicted molar refractivity (Wildman–Crippen MR) is 118 cm³/mol. The first-order chi connectivity index (χ1) is 14.9. The molecule has 1 amide bonds. The monoisotopic (exact) mass is 439 g/mol. The molecule has 0 unspecified atom stereocenters. The fraction of sp³-hybridized carbons (Fsp3) is 0.364. The maximum atomic E-state index is 13.9. The molecule has 1 aromatic carbocycles. The predicted octanol–water partition coefficient (Wildman–Crippen LogP) is 2.89. The van der Waals surface area contributed by atoms with Gasteiger partial charge in [0.05, 0.1) is 11.1 Å². The first-order valence-corrected chi connectivity index (χ1v) is 10.9. The van der Waals surface area contributed by atoms with Gasteiger partial charge in [0.25, 0.3) is 5.56 Å². The fourth-order valence-corrected chi connectivity index (χ4v) is 4.93. The molecule has 1 saturated heterocycles. The summed E-state index contributed by atoms with van der Waals surface area (Å²) in [7, 11) is 0. The van der Waals surface area contributed by atoms with Crippen molar-refractivity contribution in [1.82, 2.24) is 14.9 Å². The summed E-state index contributed by atoms with van der Waals surface area (Å²) >= 11 is 1.49. The maximum Gasteiger partial charge on any atom is 0.259 e. The third-order valence-electron chi connectivity index (χ3n) is 5.74. The summed E-state index contributed by atoms with van der Waals surface area (Å²) in [6.07, 6.45) is 0.615. The number of halogens is 1. The highest BCUT2D eigenvalue weighted by molar-refractivity contribution is 7.18. The summed E-state index contributed by atoms with van der Waals surface area (Å²) in [6, 6.07) is 6.51. The first kappa shape index (κ1) is 21.0. The number of carbonyl (C=O) groups excluding carboxylic acids is 1. The Morgan fingerprint density at radius 1 is 1.29 bits per heavy atom. The average Bonchev–Trinajstić information content (AvgIpc) is 3.05. The van der Waals surface area contributed by atoms with Gasteiger partial charge in [-0.05, 0) is 31.5 Å². The zero-order valence-corrected chi connectivity index (χ0v) is 18.2. The third-order valence-corrected chi connectivity index (χ3v) is 6.84. The number of aromatic nitrogens is 2. The highest BCUT2D eigenvalue weighted by atomic mass is 32.1. The normalized spacial score (nSPS) is 14.1. The van der Waals surface area contributed by atoms with Crippen molar-refractivity contribution in [2.75, 3.05) is 31.1 Å². The summed E-state index contributed by atoms with van der Waals surface area (Å²) in [5.74, 6) is -0.0297. The molecule has 0 atom stereocenters. The van der Waals surface area contributed by atoms with Gasteiger partial charge in [0.2, 0.25) is 5.91 Å². The highest BCUT2D eigenvalue weighted by Gasteiger charge is 2.23. The molecule has 1 N–H and O–H groups in total. The number of aryl methyl sites for hydroxylation is 3. The molecule has 7 nitrogen and oxygen atoms in total. The van der Waals surface area contributed by atoms with E-state index in [-0.39, 0.29) is 23.5 Å². The standard InChI is InChI=1S/C22H22FN5O2S/c1-13-14(2)31-22-20(13)21(30)25-18(26-22)6-7-19(29)28-10-8-27(9-11-28)17-5-3-4-16(23)15(17)12-24/h3-5H,6-11H2,1-2H3,(H,25,26,30). The number of hydrogen-bond acceptors (Lipinski definition) is 6. The van der Waals surface area contributed by atoms with Gasteiger partial charge < -0.3 is 14.8 Å². The van der Waals surface area contributed by atoms with Crippen molar-refractivity contribution in [2.45, 2.75) is 26.7 Å². The van der Waals surface area contributed by atoms with Crippen LogP contribution in [0.25, 0.3) is 10.2 Å². The van der Waals surface area contributed by atoms with E-state index in [1.54, 1.807) is 17.0 Å². The van der Waals surface area contributed by atoms with Gasteiger partial charge in [-0.2, -0.15) is 5.26 Å². The zero-order valence-electron chi connectivity index (χ0n) is 17.4. The Hall–Kier alpha value is -3.25. The van der Waals surface area contributed by atoms with Crippen molar-refractivity contribution in [3.8, 4) is 6.07 Å². The van der Waals surface area contributed by atoms with Crippen LogP contribution in [0.3, 0.4) is 0 Å². The number of aromatic amines is 1. The molecule has 0 spiro atoms. The summed E-state index contributed by atoms with van der Waals surface area (Å²) in [5.41, 5.74) is 1.39. The number of anilines is 1. The Labute approximate surface area is 182 Å². The van der Waals surface area contributed by atoms with Gasteiger partial charge in [-0.3, -0.25) is 9.59 Å². The number of thiophene rings is 1. The average molecular weight is 440 g/mol. The summed E-state index contributed by atoms with van der Waals surface area (Å²) in [6.45, 7) is 5.92. The Kier molecular flexibility index (Phi) is 5.74. The molecular weight excluding hydrogens is 417 g/mol. The fourth-order valence-electron chi connectivity index (χ4n) is 3.88. The second-order valence-corrected chi connectivity index (χ2v) is 8.79. The molecule has 160 valence electrons. The largest absolute Gasteiger partial charge is 0.367 e. The van der Waals surface area contributed by atoms with Gasteiger partial charge >= 0.3 is 0 Å². The number of nitrogens with one attached hydrogen (secondary N) is 1. The van der Waals surface area contributed by atoms with E-state index in [4.69, 9.17) is 0 Å². The number of rotatable bonds is 4. The van der Waals surface area contributed by atoms with Gasteiger partial charge in [-0.25, -0.2) is 9.37 Å². The van der Waals surface area contributed by atoms with Crippen LogP contribution in [0.4, 0.5) is 10.1 Å². The molecule has 1 aliphatic rings. The molecule has 0 aliphatic carbocycles. The van der Waals surface area contributed by atoms with Crippen LogP contribution in [0.5, 0.6) is 0 Å². The lowest BCUT2D eigenvalue weighted by Crippen LogP contribution is -2.49.